The van der Waals surface area contributed by atoms with Gasteiger partial charge < -0.3 is 10.1 Å². The van der Waals surface area contributed by atoms with Crippen LogP contribution in [0.5, 0.6) is 5.75 Å². The van der Waals surface area contributed by atoms with Crippen LogP contribution in [0.25, 0.3) is 0 Å². The number of hydrogen-bond acceptors (Lipinski definition) is 4. The molecule has 0 spiro atoms. The summed E-state index contributed by atoms with van der Waals surface area (Å²) in [6.07, 6.45) is 9.40. The number of halogens is 1. The molecule has 4 aliphatic carbocycles. The average Bonchev–Trinajstić information content (AvgIpc) is 2.74. The van der Waals surface area contributed by atoms with Crippen LogP contribution in [0.4, 0.5) is 4.39 Å². The molecule has 32 heavy (non-hydrogen) atoms. The molecule has 0 unspecified atom stereocenters. The Labute approximate surface area is 190 Å². The Bertz CT molecular complexity index is 942. The van der Waals surface area contributed by atoms with Gasteiger partial charge in [0.2, 0.25) is 5.91 Å². The Balaban J connectivity index is 1.35. The highest BCUT2D eigenvalue weighted by Gasteiger charge is 2.51. The third-order valence-corrected chi connectivity index (χ3v) is 9.96. The number of carbonyl (C=O) groups excluding carboxylic acids is 1. The molecule has 0 heterocycles. The number of sulfone groups is 1. The fraction of sp³-hybridized carbons (Fsp3) is 0.640. The van der Waals surface area contributed by atoms with E-state index in [1.807, 2.05) is 6.92 Å². The zero-order valence-electron chi connectivity index (χ0n) is 18.9. The normalized spacial score (nSPS) is 28.2. The summed E-state index contributed by atoms with van der Waals surface area (Å²) < 4.78 is 44.6. The molecule has 0 atom stereocenters. The Morgan fingerprint density at radius 2 is 1.75 bits per heavy atom. The number of hydrogen-bond donors (Lipinski definition) is 1. The fourth-order valence-electron chi connectivity index (χ4n) is 5.32. The van der Waals surface area contributed by atoms with Crippen molar-refractivity contribution in [2.45, 2.75) is 81.6 Å². The predicted molar refractivity (Wildman–Crippen MR) is 122 cm³/mol. The van der Waals surface area contributed by atoms with Gasteiger partial charge in [0.05, 0.1) is 17.0 Å². The Hall–Kier alpha value is -1.89. The third kappa shape index (κ3) is 4.87. The van der Waals surface area contributed by atoms with Crippen LogP contribution in [0.3, 0.4) is 0 Å². The van der Waals surface area contributed by atoms with Crippen LogP contribution in [0, 0.1) is 11.3 Å². The summed E-state index contributed by atoms with van der Waals surface area (Å²) in [7, 11) is -3.43. The van der Waals surface area contributed by atoms with Crippen LogP contribution in [-0.4, -0.2) is 32.2 Å². The number of fused-ring (bicyclic) bond motifs is 3. The number of nitrogens with one attached hydrogen (secondary N) is 1. The molecule has 0 aliphatic heterocycles. The number of carbonyl (C=O) groups is 1. The van der Waals surface area contributed by atoms with Gasteiger partial charge in [-0.15, -0.1) is 0 Å². The molecule has 5 rings (SSSR count). The molecule has 2 bridgehead atoms. The number of ether oxygens (including phenoxy) is 1. The van der Waals surface area contributed by atoms with Crippen molar-refractivity contribution in [3.63, 3.8) is 0 Å². The monoisotopic (exact) mass is 463 g/mol. The van der Waals surface area contributed by atoms with Crippen molar-refractivity contribution in [1.29, 1.82) is 0 Å². The van der Waals surface area contributed by atoms with Gasteiger partial charge in [0.1, 0.15) is 12.4 Å². The fourth-order valence-corrected chi connectivity index (χ4v) is 7.27. The van der Waals surface area contributed by atoms with Crippen LogP contribution >= 0.6 is 0 Å². The van der Waals surface area contributed by atoms with Crippen molar-refractivity contribution in [2.24, 2.45) is 11.3 Å². The number of benzene rings is 1. The molecule has 4 aliphatic rings. The minimum Gasteiger partial charge on any atom is -0.489 e. The van der Waals surface area contributed by atoms with E-state index in [1.165, 1.54) is 0 Å². The Morgan fingerprint density at radius 3 is 2.25 bits per heavy atom. The van der Waals surface area contributed by atoms with Gasteiger partial charge in [0.25, 0.3) is 0 Å². The highest BCUT2D eigenvalue weighted by molar-refractivity contribution is 7.91. The number of rotatable bonds is 9. The van der Waals surface area contributed by atoms with E-state index in [0.29, 0.717) is 29.0 Å². The summed E-state index contributed by atoms with van der Waals surface area (Å²) in [4.78, 5) is 12.8. The van der Waals surface area contributed by atoms with Crippen molar-refractivity contribution in [3.05, 3.63) is 36.2 Å². The first kappa shape index (κ1) is 23.3. The maximum absolute atomic E-state index is 13.2. The van der Waals surface area contributed by atoms with Crippen molar-refractivity contribution >= 4 is 15.7 Å². The first-order chi connectivity index (χ1) is 15.3. The molecule has 7 heteroatoms. The molecule has 0 saturated heterocycles. The van der Waals surface area contributed by atoms with Crippen LogP contribution < -0.4 is 10.1 Å². The van der Waals surface area contributed by atoms with Gasteiger partial charge in [-0.05, 0) is 93.0 Å². The van der Waals surface area contributed by atoms with Gasteiger partial charge in [-0.25, -0.2) is 12.8 Å². The minimum atomic E-state index is -3.43. The lowest BCUT2D eigenvalue weighted by Gasteiger charge is -2.54. The van der Waals surface area contributed by atoms with E-state index in [4.69, 9.17) is 4.74 Å². The quantitative estimate of drug-likeness (QED) is 0.552. The first-order valence-corrected chi connectivity index (χ1v) is 13.5. The van der Waals surface area contributed by atoms with E-state index in [9.17, 15) is 17.6 Å². The van der Waals surface area contributed by atoms with E-state index in [2.05, 4.69) is 5.32 Å². The second-order valence-electron chi connectivity index (χ2n) is 10.0. The highest BCUT2D eigenvalue weighted by Crippen LogP contribution is 2.53. The lowest BCUT2D eigenvalue weighted by Crippen LogP contribution is -2.59. The molecule has 5 nitrogen and oxygen atoms in total. The van der Waals surface area contributed by atoms with E-state index in [0.717, 1.165) is 57.8 Å². The van der Waals surface area contributed by atoms with Gasteiger partial charge in [-0.2, -0.15) is 0 Å². The van der Waals surface area contributed by atoms with Gasteiger partial charge in [-0.1, -0.05) is 13.3 Å². The van der Waals surface area contributed by atoms with Crippen molar-refractivity contribution in [3.8, 4) is 5.75 Å². The van der Waals surface area contributed by atoms with Crippen molar-refractivity contribution < 1.29 is 22.3 Å². The van der Waals surface area contributed by atoms with Gasteiger partial charge in [0.15, 0.2) is 9.84 Å². The van der Waals surface area contributed by atoms with Crippen molar-refractivity contribution in [2.75, 3.05) is 12.4 Å². The predicted octanol–water partition coefficient (Wildman–Crippen LogP) is 5.11. The summed E-state index contributed by atoms with van der Waals surface area (Å²) >= 11 is 0. The summed E-state index contributed by atoms with van der Waals surface area (Å²) in [6.45, 7) is 2.01. The lowest BCUT2D eigenvalue weighted by atomic mass is 9.58. The zero-order chi connectivity index (χ0) is 22.8. The Morgan fingerprint density at radius 1 is 1.12 bits per heavy atom. The molecule has 1 N–H and O–H groups in total. The van der Waals surface area contributed by atoms with Crippen LogP contribution in [0.1, 0.15) is 71.1 Å². The molecule has 1 amide bonds. The average molecular weight is 464 g/mol. The van der Waals surface area contributed by atoms with E-state index in [-0.39, 0.29) is 35.1 Å². The molecule has 4 saturated carbocycles. The first-order valence-electron chi connectivity index (χ1n) is 11.8. The second-order valence-corrected chi connectivity index (χ2v) is 12.0. The molecule has 0 aromatic heterocycles. The van der Waals surface area contributed by atoms with Crippen LogP contribution in [0.2, 0.25) is 0 Å². The summed E-state index contributed by atoms with van der Waals surface area (Å²) in [5, 5.41) is 3.34. The molecule has 0 radical (unpaired) electrons. The molecule has 1 aromatic carbocycles. The largest absolute Gasteiger partial charge is 0.489 e. The van der Waals surface area contributed by atoms with Gasteiger partial charge >= 0.3 is 0 Å². The molecule has 1 aromatic rings. The van der Waals surface area contributed by atoms with E-state index < -0.39 is 9.84 Å². The SMILES string of the molecule is CC/C(=C\F)COc1ccc(S(=O)(=O)CC23CCC(NC(=O)C4CCC4)(CC2)CC3)cc1. The van der Waals surface area contributed by atoms with Crippen molar-refractivity contribution in [1.82, 2.24) is 5.32 Å². The van der Waals surface area contributed by atoms with E-state index >= 15 is 0 Å². The second kappa shape index (κ2) is 9.16. The molecular weight excluding hydrogens is 429 g/mol. The van der Waals surface area contributed by atoms with Crippen LogP contribution in [0.15, 0.2) is 41.1 Å². The zero-order valence-corrected chi connectivity index (χ0v) is 19.7. The summed E-state index contributed by atoms with van der Waals surface area (Å²) in [5.41, 5.74) is 0.233. The van der Waals surface area contributed by atoms with Gasteiger partial charge in [0, 0.05) is 11.5 Å². The Kier molecular flexibility index (Phi) is 6.66. The molecular formula is C25H34FNO4S. The number of amides is 1. The molecule has 4 fully saturated rings. The van der Waals surface area contributed by atoms with E-state index in [1.54, 1.807) is 24.3 Å². The maximum Gasteiger partial charge on any atom is 0.223 e. The maximum atomic E-state index is 13.2. The standard InChI is InChI=1S/C25H34FNO4S/c1-2-19(16-26)17-31-21-6-8-22(9-7-21)32(29,30)18-24-10-13-25(14-11-24,15-12-24)27-23(28)20-4-3-5-20/h6-9,16,20H,2-5,10-15,17-18H2,1H3,(H,27,28)/b19-16+. The minimum absolute atomic E-state index is 0.122. The van der Waals surface area contributed by atoms with Crippen LogP contribution in [-0.2, 0) is 14.6 Å². The topological polar surface area (TPSA) is 72.5 Å². The third-order valence-electron chi connectivity index (χ3n) is 7.98. The smallest absolute Gasteiger partial charge is 0.223 e. The summed E-state index contributed by atoms with van der Waals surface area (Å²) in [5.74, 6) is 1.06. The lowest BCUT2D eigenvalue weighted by molar-refractivity contribution is -0.131. The highest BCUT2D eigenvalue weighted by atomic mass is 32.2. The van der Waals surface area contributed by atoms with Gasteiger partial charge in [-0.3, -0.25) is 4.79 Å². The molecule has 176 valence electrons. The summed E-state index contributed by atoms with van der Waals surface area (Å²) in [6, 6.07) is 6.44.